The van der Waals surface area contributed by atoms with Gasteiger partial charge in [-0.15, -0.1) is 11.7 Å². The molecule has 0 radical (unpaired) electrons. The van der Waals surface area contributed by atoms with Crippen molar-refractivity contribution in [3.05, 3.63) is 0 Å². The van der Waals surface area contributed by atoms with Crippen LogP contribution in [0.4, 0.5) is 0 Å². The molecule has 0 aliphatic carbocycles. The second-order valence-corrected chi connectivity index (χ2v) is 5.38. The molecule has 0 saturated carbocycles. The Balaban J connectivity index is 4.35. The van der Waals surface area contributed by atoms with E-state index < -0.39 is 42.4 Å². The predicted octanol–water partition coefficient (Wildman–Crippen LogP) is -1.56. The molecule has 0 rings (SSSR count). The van der Waals surface area contributed by atoms with Crippen LogP contribution in [0, 0.1) is 0 Å². The van der Waals surface area contributed by atoms with E-state index in [-0.39, 0.29) is 18.6 Å². The largest absolute Gasteiger partial charge is 0.480 e. The molecule has 0 aliphatic rings. The zero-order valence-corrected chi connectivity index (χ0v) is 12.7. The summed E-state index contributed by atoms with van der Waals surface area (Å²) in [6.07, 6.45) is -0.230. The molecule has 0 aliphatic heterocycles. The third-order valence-corrected chi connectivity index (χ3v) is 3.24. The van der Waals surface area contributed by atoms with E-state index in [0.717, 1.165) is 10.8 Å². The average Bonchev–Trinajstić information content (AvgIpc) is 2.41. The number of nitrogens with one attached hydrogen (secondary N) is 2. The first-order chi connectivity index (χ1) is 9.77. The summed E-state index contributed by atoms with van der Waals surface area (Å²) in [6.45, 7) is -0.563. The lowest BCUT2D eigenvalue weighted by atomic mass is 10.1. The van der Waals surface area contributed by atoms with E-state index in [4.69, 9.17) is 15.9 Å². The lowest BCUT2D eigenvalue weighted by Gasteiger charge is -2.17. The van der Waals surface area contributed by atoms with Crippen LogP contribution >= 0.6 is 22.5 Å². The SMILES string of the molecule is N[C@@H](CCC(=O)N[C@@H](CSS)C(=O)NCC(=O)O)C(=O)O. The van der Waals surface area contributed by atoms with Crippen molar-refractivity contribution in [2.75, 3.05) is 12.3 Å². The van der Waals surface area contributed by atoms with Gasteiger partial charge in [-0.25, -0.2) is 0 Å². The van der Waals surface area contributed by atoms with Crippen molar-refractivity contribution < 1.29 is 29.4 Å². The lowest BCUT2D eigenvalue weighted by molar-refractivity contribution is -0.139. The third kappa shape index (κ3) is 9.15. The molecule has 0 aromatic rings. The molecule has 11 heteroatoms. The summed E-state index contributed by atoms with van der Waals surface area (Å²) in [5, 5.41) is 21.6. The van der Waals surface area contributed by atoms with Crippen LogP contribution in [0.3, 0.4) is 0 Å². The second-order valence-electron chi connectivity index (χ2n) is 4.01. The number of aliphatic carboxylic acids is 2. The van der Waals surface area contributed by atoms with Crippen molar-refractivity contribution in [2.45, 2.75) is 24.9 Å². The van der Waals surface area contributed by atoms with Crippen molar-refractivity contribution in [3.63, 3.8) is 0 Å². The van der Waals surface area contributed by atoms with Crippen LogP contribution in [0.25, 0.3) is 0 Å². The van der Waals surface area contributed by atoms with Crippen molar-refractivity contribution >= 4 is 46.2 Å². The Morgan fingerprint density at radius 1 is 1.24 bits per heavy atom. The van der Waals surface area contributed by atoms with Gasteiger partial charge in [-0.3, -0.25) is 19.2 Å². The van der Waals surface area contributed by atoms with E-state index in [0.29, 0.717) is 0 Å². The van der Waals surface area contributed by atoms with E-state index in [2.05, 4.69) is 22.3 Å². The van der Waals surface area contributed by atoms with Gasteiger partial charge >= 0.3 is 11.9 Å². The maximum atomic E-state index is 11.7. The molecular weight excluding hydrogens is 322 g/mol. The minimum Gasteiger partial charge on any atom is -0.480 e. The summed E-state index contributed by atoms with van der Waals surface area (Å²) in [4.78, 5) is 44.1. The highest BCUT2D eigenvalue weighted by molar-refractivity contribution is 8.68. The smallest absolute Gasteiger partial charge is 0.322 e. The lowest BCUT2D eigenvalue weighted by Crippen LogP contribution is -2.49. The maximum Gasteiger partial charge on any atom is 0.322 e. The summed E-state index contributed by atoms with van der Waals surface area (Å²) in [7, 11) is 0.996. The first-order valence-corrected chi connectivity index (χ1v) is 7.85. The molecule has 0 saturated heterocycles. The van der Waals surface area contributed by atoms with Gasteiger partial charge in [-0.1, -0.05) is 10.8 Å². The van der Waals surface area contributed by atoms with Crippen LogP contribution in [0.1, 0.15) is 12.8 Å². The second kappa shape index (κ2) is 10.3. The Labute approximate surface area is 129 Å². The van der Waals surface area contributed by atoms with Crippen LogP contribution in [0.15, 0.2) is 0 Å². The van der Waals surface area contributed by atoms with E-state index >= 15 is 0 Å². The third-order valence-electron chi connectivity index (χ3n) is 2.31. The Bertz CT molecular complexity index is 406. The molecule has 0 aromatic carbocycles. The minimum absolute atomic E-state index is 0.0708. The van der Waals surface area contributed by atoms with Gasteiger partial charge in [0, 0.05) is 12.2 Å². The van der Waals surface area contributed by atoms with Gasteiger partial charge in [0.25, 0.3) is 0 Å². The number of hydrogen-bond donors (Lipinski definition) is 6. The Kier molecular flexibility index (Phi) is 9.58. The van der Waals surface area contributed by atoms with Gasteiger partial charge in [-0.2, -0.15) is 0 Å². The van der Waals surface area contributed by atoms with Gasteiger partial charge < -0.3 is 26.6 Å². The first-order valence-electron chi connectivity index (χ1n) is 5.81. The highest BCUT2D eigenvalue weighted by atomic mass is 33.1. The highest BCUT2D eigenvalue weighted by Gasteiger charge is 2.21. The molecule has 0 fully saturated rings. The van der Waals surface area contributed by atoms with Crippen LogP contribution in [0.2, 0.25) is 0 Å². The number of amides is 2. The zero-order chi connectivity index (χ0) is 16.4. The number of nitrogens with two attached hydrogens (primary N) is 1. The normalized spacial score (nSPS) is 13.0. The van der Waals surface area contributed by atoms with E-state index in [1.807, 2.05) is 0 Å². The average molecular weight is 339 g/mol. The molecule has 21 heavy (non-hydrogen) atoms. The number of carbonyl (C=O) groups excluding carboxylic acids is 2. The number of carboxylic acid groups (broad SMARTS) is 2. The standard InChI is InChI=1S/C10H17N3O6S2/c11-5(10(18)19)1-2-7(14)13-6(4-21-20)9(17)12-3-8(15)16/h5-6,20H,1-4,11H2,(H,12,17)(H,13,14)(H,15,16)(H,18,19)/t5-,6-/m0/s1. The molecule has 0 spiro atoms. The van der Waals surface area contributed by atoms with Crippen LogP contribution < -0.4 is 16.4 Å². The molecular formula is C10H17N3O6S2. The van der Waals surface area contributed by atoms with Crippen LogP contribution in [0.5, 0.6) is 0 Å². The van der Waals surface area contributed by atoms with Crippen molar-refractivity contribution in [1.82, 2.24) is 10.6 Å². The number of thiol groups is 1. The monoisotopic (exact) mass is 339 g/mol. The fourth-order valence-electron chi connectivity index (χ4n) is 1.22. The van der Waals surface area contributed by atoms with Gasteiger partial charge in [0.1, 0.15) is 18.6 Å². The molecule has 0 aromatic heterocycles. The topological polar surface area (TPSA) is 159 Å². The fourth-order valence-corrected chi connectivity index (χ4v) is 2.05. The van der Waals surface area contributed by atoms with E-state index in [1.165, 1.54) is 0 Å². The summed E-state index contributed by atoms with van der Waals surface area (Å²) < 4.78 is 0. The molecule has 6 N–H and O–H groups in total. The van der Waals surface area contributed by atoms with Gasteiger partial charge in [0.2, 0.25) is 11.8 Å². The Hall–Kier alpha value is -1.46. The minimum atomic E-state index is -1.22. The molecule has 0 heterocycles. The van der Waals surface area contributed by atoms with E-state index in [1.54, 1.807) is 0 Å². The number of hydrogen-bond acceptors (Lipinski definition) is 7. The maximum absolute atomic E-state index is 11.7. The first kappa shape index (κ1) is 19.5. The molecule has 2 atom stereocenters. The Morgan fingerprint density at radius 3 is 2.33 bits per heavy atom. The molecule has 2 amide bonds. The Morgan fingerprint density at radius 2 is 1.86 bits per heavy atom. The molecule has 0 unspecified atom stereocenters. The van der Waals surface area contributed by atoms with Crippen molar-refractivity contribution in [3.8, 4) is 0 Å². The zero-order valence-electron chi connectivity index (χ0n) is 10.9. The quantitative estimate of drug-likeness (QED) is 0.206. The molecule has 120 valence electrons. The van der Waals surface area contributed by atoms with Gasteiger partial charge in [0.15, 0.2) is 0 Å². The van der Waals surface area contributed by atoms with Crippen molar-refractivity contribution in [1.29, 1.82) is 0 Å². The number of carboxylic acids is 2. The van der Waals surface area contributed by atoms with Gasteiger partial charge in [-0.05, 0) is 6.42 Å². The summed E-state index contributed by atoms with van der Waals surface area (Å²) in [6, 6.07) is -2.12. The predicted molar refractivity (Wildman–Crippen MR) is 78.9 cm³/mol. The molecule has 0 bridgehead atoms. The molecule has 9 nitrogen and oxygen atoms in total. The summed E-state index contributed by atoms with van der Waals surface area (Å²) in [5.74, 6) is -3.51. The highest BCUT2D eigenvalue weighted by Crippen LogP contribution is 2.07. The number of carbonyl (C=O) groups is 4. The van der Waals surface area contributed by atoms with Gasteiger partial charge in [0.05, 0.1) is 0 Å². The van der Waals surface area contributed by atoms with Crippen LogP contribution in [-0.2, 0) is 19.2 Å². The van der Waals surface area contributed by atoms with E-state index in [9.17, 15) is 19.2 Å². The van der Waals surface area contributed by atoms with Crippen LogP contribution in [-0.4, -0.2) is 58.3 Å². The summed E-state index contributed by atoms with van der Waals surface area (Å²) >= 11 is 3.87. The fraction of sp³-hybridized carbons (Fsp3) is 0.600. The summed E-state index contributed by atoms with van der Waals surface area (Å²) in [5.41, 5.74) is 5.25. The van der Waals surface area contributed by atoms with Crippen molar-refractivity contribution in [2.24, 2.45) is 5.73 Å². The number of rotatable bonds is 10.